The molecule has 0 radical (unpaired) electrons. The highest BCUT2D eigenvalue weighted by Gasteiger charge is 2.43. The average molecular weight is 513 g/mol. The fraction of sp³-hybridized carbons (Fsp3) is 0.625. The van der Waals surface area contributed by atoms with Gasteiger partial charge in [0.05, 0.1) is 5.60 Å². The molecule has 0 aliphatic heterocycles. The van der Waals surface area contributed by atoms with Crippen LogP contribution in [0.15, 0.2) is 36.4 Å². The Morgan fingerprint density at radius 3 is 1.60 bits per heavy atom. The topological polar surface area (TPSA) is 9.23 Å². The van der Waals surface area contributed by atoms with E-state index < -0.39 is 7.38 Å². The number of hydrogen-bond donors (Lipinski definition) is 0. The number of benzene rings is 2. The van der Waals surface area contributed by atoms with Gasteiger partial charge in [-0.25, -0.2) is 0 Å². The molecule has 0 aromatic heterocycles. The second-order valence-corrected chi connectivity index (χ2v) is 20.2. The van der Waals surface area contributed by atoms with Gasteiger partial charge in [-0.1, -0.05) is 104 Å². The molecular weight excluding hydrogens is 464 g/mol. The van der Waals surface area contributed by atoms with Gasteiger partial charge in [-0.2, -0.15) is 11.1 Å². The van der Waals surface area contributed by atoms with E-state index in [1.54, 1.807) is 0 Å². The first-order valence-electron chi connectivity index (χ1n) is 13.6. The monoisotopic (exact) mass is 512 g/mol. The lowest BCUT2D eigenvalue weighted by Gasteiger charge is -2.31. The molecule has 0 bridgehead atoms. The molecule has 194 valence electrons. The SMILES string of the molecule is CC(C)(C)OCCCCCC[Si](C)(Cl)C1c2cc(C(C)(C)C)ccc2-c2ccc(C(C)(C)C)cc21. The van der Waals surface area contributed by atoms with Gasteiger partial charge >= 0.3 is 0 Å². The van der Waals surface area contributed by atoms with Crippen molar-refractivity contribution in [2.75, 3.05) is 6.61 Å². The van der Waals surface area contributed by atoms with Crippen LogP contribution >= 0.6 is 11.1 Å². The Morgan fingerprint density at radius 1 is 0.714 bits per heavy atom. The summed E-state index contributed by atoms with van der Waals surface area (Å²) in [5, 5.41) is 0. The lowest BCUT2D eigenvalue weighted by molar-refractivity contribution is -0.00471. The first-order chi connectivity index (χ1) is 16.0. The molecule has 0 spiro atoms. The van der Waals surface area contributed by atoms with Crippen molar-refractivity contribution in [2.45, 2.75) is 123 Å². The summed E-state index contributed by atoms with van der Waals surface area (Å²) in [6.07, 6.45) is 4.80. The second kappa shape index (κ2) is 10.3. The Kier molecular flexibility index (Phi) is 8.42. The summed E-state index contributed by atoms with van der Waals surface area (Å²) < 4.78 is 5.90. The van der Waals surface area contributed by atoms with Crippen molar-refractivity contribution in [2.24, 2.45) is 0 Å². The summed E-state index contributed by atoms with van der Waals surface area (Å²) in [7, 11) is -2.09. The van der Waals surface area contributed by atoms with Gasteiger partial charge in [0.15, 0.2) is 7.38 Å². The van der Waals surface area contributed by atoms with E-state index in [2.05, 4.69) is 105 Å². The van der Waals surface area contributed by atoms with Gasteiger partial charge < -0.3 is 4.74 Å². The maximum atomic E-state index is 7.65. The summed E-state index contributed by atoms with van der Waals surface area (Å²) in [5.74, 6) is 0. The van der Waals surface area contributed by atoms with E-state index in [-0.39, 0.29) is 16.4 Å². The van der Waals surface area contributed by atoms with E-state index in [9.17, 15) is 0 Å². The molecule has 0 N–H and O–H groups in total. The fourth-order valence-electron chi connectivity index (χ4n) is 5.29. The van der Waals surface area contributed by atoms with Crippen molar-refractivity contribution >= 4 is 18.5 Å². The third-order valence-electron chi connectivity index (χ3n) is 7.44. The van der Waals surface area contributed by atoms with Gasteiger partial charge in [0.1, 0.15) is 0 Å². The van der Waals surface area contributed by atoms with Gasteiger partial charge in [-0.3, -0.25) is 0 Å². The Balaban J connectivity index is 1.85. The molecule has 0 saturated heterocycles. The highest BCUT2D eigenvalue weighted by molar-refractivity contribution is 7.20. The smallest absolute Gasteiger partial charge is 0.165 e. The lowest BCUT2D eigenvalue weighted by atomic mass is 9.85. The molecule has 2 aromatic carbocycles. The van der Waals surface area contributed by atoms with Crippen molar-refractivity contribution in [3.63, 3.8) is 0 Å². The number of fused-ring (bicyclic) bond motifs is 3. The van der Waals surface area contributed by atoms with Gasteiger partial charge in [0, 0.05) is 12.1 Å². The number of rotatable bonds is 8. The van der Waals surface area contributed by atoms with Crippen molar-refractivity contribution < 1.29 is 4.74 Å². The van der Waals surface area contributed by atoms with E-state index in [0.717, 1.165) is 19.1 Å². The van der Waals surface area contributed by atoms with Crippen molar-refractivity contribution in [3.8, 4) is 11.1 Å². The molecule has 1 nitrogen and oxygen atoms in total. The van der Waals surface area contributed by atoms with Crippen LogP contribution in [0.5, 0.6) is 0 Å². The Labute approximate surface area is 221 Å². The quantitative estimate of drug-likeness (QED) is 0.194. The van der Waals surface area contributed by atoms with Gasteiger partial charge in [0.2, 0.25) is 0 Å². The molecule has 1 atom stereocenters. The van der Waals surface area contributed by atoms with Crippen molar-refractivity contribution in [1.82, 2.24) is 0 Å². The highest BCUT2D eigenvalue weighted by atomic mass is 35.6. The maximum absolute atomic E-state index is 7.65. The van der Waals surface area contributed by atoms with Gasteiger partial charge in [-0.15, -0.1) is 0 Å². The zero-order valence-electron chi connectivity index (χ0n) is 24.1. The lowest BCUT2D eigenvalue weighted by Crippen LogP contribution is -2.32. The molecule has 1 aliphatic rings. The zero-order chi connectivity index (χ0) is 26.2. The number of ether oxygens (including phenoxy) is 1. The van der Waals surface area contributed by atoms with Crippen LogP contribution in [-0.4, -0.2) is 19.6 Å². The van der Waals surface area contributed by atoms with Crippen LogP contribution in [0.2, 0.25) is 12.6 Å². The van der Waals surface area contributed by atoms with E-state index in [4.69, 9.17) is 15.8 Å². The van der Waals surface area contributed by atoms with Crippen LogP contribution in [0.1, 0.15) is 116 Å². The molecule has 2 aromatic rings. The second-order valence-electron chi connectivity index (χ2n) is 13.9. The first-order valence-corrected chi connectivity index (χ1v) is 17.4. The zero-order valence-corrected chi connectivity index (χ0v) is 25.8. The fourth-order valence-corrected chi connectivity index (χ4v) is 9.40. The summed E-state index contributed by atoms with van der Waals surface area (Å²) >= 11 is 7.65. The Morgan fingerprint density at radius 2 is 1.17 bits per heavy atom. The number of halogens is 1. The van der Waals surface area contributed by atoms with Crippen LogP contribution in [0.25, 0.3) is 11.1 Å². The maximum Gasteiger partial charge on any atom is 0.165 e. The van der Waals surface area contributed by atoms with Crippen LogP contribution in [0.4, 0.5) is 0 Å². The number of unbranched alkanes of at least 4 members (excludes halogenated alkanes) is 3. The van der Waals surface area contributed by atoms with Gasteiger partial charge in [-0.05, 0) is 77.4 Å². The minimum Gasteiger partial charge on any atom is -0.376 e. The standard InChI is InChI=1S/C32H49ClOSi/c1-30(2,3)23-15-17-25-26-18-16-24(31(4,5)6)22-28(26)29(27(25)21-23)35(10,33)20-14-12-11-13-19-34-32(7,8)9/h15-18,21-22,29H,11-14,19-20H2,1-10H3. The predicted octanol–water partition coefficient (Wildman–Crippen LogP) is 10.1. The average Bonchev–Trinajstić information content (AvgIpc) is 3.04. The van der Waals surface area contributed by atoms with E-state index in [1.807, 2.05) is 0 Å². The van der Waals surface area contributed by atoms with Crippen LogP contribution in [0.3, 0.4) is 0 Å². The summed E-state index contributed by atoms with van der Waals surface area (Å²) in [6, 6.07) is 15.5. The van der Waals surface area contributed by atoms with Gasteiger partial charge in [0.25, 0.3) is 0 Å². The van der Waals surface area contributed by atoms with Crippen LogP contribution < -0.4 is 0 Å². The normalized spacial score (nSPS) is 16.2. The Hall–Kier alpha value is -1.09. The third kappa shape index (κ3) is 7.02. The first kappa shape index (κ1) is 28.5. The molecule has 35 heavy (non-hydrogen) atoms. The Bertz CT molecular complexity index is 954. The van der Waals surface area contributed by atoms with Crippen LogP contribution in [0, 0.1) is 0 Å². The molecule has 3 rings (SSSR count). The van der Waals surface area contributed by atoms with E-state index in [1.165, 1.54) is 52.6 Å². The van der Waals surface area contributed by atoms with E-state index in [0.29, 0.717) is 5.54 Å². The third-order valence-corrected chi connectivity index (χ3v) is 11.8. The minimum atomic E-state index is -2.09. The molecule has 3 heteroatoms. The van der Waals surface area contributed by atoms with Crippen molar-refractivity contribution in [3.05, 3.63) is 58.7 Å². The van der Waals surface area contributed by atoms with E-state index >= 15 is 0 Å². The largest absolute Gasteiger partial charge is 0.376 e. The molecule has 0 heterocycles. The molecule has 1 aliphatic carbocycles. The molecule has 0 amide bonds. The molecule has 0 fully saturated rings. The predicted molar refractivity (Wildman–Crippen MR) is 158 cm³/mol. The minimum absolute atomic E-state index is 0.0390. The van der Waals surface area contributed by atoms with Crippen molar-refractivity contribution in [1.29, 1.82) is 0 Å². The highest BCUT2D eigenvalue weighted by Crippen LogP contribution is 2.53. The number of hydrogen-bond acceptors (Lipinski definition) is 1. The summed E-state index contributed by atoms with van der Waals surface area (Å²) in [5.41, 5.74) is 9.13. The van der Waals surface area contributed by atoms with Crippen LogP contribution in [-0.2, 0) is 15.6 Å². The molecule has 0 saturated carbocycles. The molecule has 1 unspecified atom stereocenters. The summed E-state index contributed by atoms with van der Waals surface area (Å²) in [6.45, 7) is 23.5. The molecular formula is C32H49ClOSi. The summed E-state index contributed by atoms with van der Waals surface area (Å²) in [4.78, 5) is 0.